The predicted molar refractivity (Wildman–Crippen MR) is 73.1 cm³/mol. The topological polar surface area (TPSA) is 61.7 Å². The number of phenols is 1. The number of halogens is 1. The highest BCUT2D eigenvalue weighted by molar-refractivity contribution is 6.31. The molecule has 0 bridgehead atoms. The summed E-state index contributed by atoms with van der Waals surface area (Å²) < 4.78 is 0. The average molecular weight is 269 g/mol. The monoisotopic (exact) mass is 268 g/mol. The summed E-state index contributed by atoms with van der Waals surface area (Å²) in [4.78, 5) is 11.8. The van der Waals surface area contributed by atoms with Gasteiger partial charge in [0.05, 0.1) is 5.56 Å². The van der Waals surface area contributed by atoms with Crippen LogP contribution in [0.25, 0.3) is 0 Å². The van der Waals surface area contributed by atoms with Crippen LogP contribution >= 0.6 is 11.6 Å². The van der Waals surface area contributed by atoms with E-state index >= 15 is 0 Å². The molecular formula is C13H17ClN2O2. The molecule has 2 N–H and O–H groups in total. The van der Waals surface area contributed by atoms with E-state index in [1.54, 1.807) is 0 Å². The van der Waals surface area contributed by atoms with Crippen molar-refractivity contribution in [2.24, 2.45) is 11.0 Å². The Morgan fingerprint density at radius 1 is 1.50 bits per heavy atom. The molecule has 98 valence electrons. The summed E-state index contributed by atoms with van der Waals surface area (Å²) in [5.41, 5.74) is 3.44. The van der Waals surface area contributed by atoms with Gasteiger partial charge in [0.25, 0.3) is 5.91 Å². The van der Waals surface area contributed by atoms with Gasteiger partial charge in [0.2, 0.25) is 0 Å². The highest BCUT2D eigenvalue weighted by atomic mass is 35.5. The fourth-order valence-corrected chi connectivity index (χ4v) is 1.66. The second-order valence-corrected chi connectivity index (χ2v) is 4.65. The average Bonchev–Trinajstić information content (AvgIpc) is 2.32. The lowest BCUT2D eigenvalue weighted by atomic mass is 10.1. The number of hydrogen-bond donors (Lipinski definition) is 2. The summed E-state index contributed by atoms with van der Waals surface area (Å²) in [6.07, 6.45) is 0.763. The van der Waals surface area contributed by atoms with Crippen LogP contribution < -0.4 is 5.43 Å². The van der Waals surface area contributed by atoms with Gasteiger partial charge in [-0.05, 0) is 30.5 Å². The molecule has 0 aliphatic heterocycles. The van der Waals surface area contributed by atoms with E-state index < -0.39 is 5.91 Å². The summed E-state index contributed by atoms with van der Waals surface area (Å²) >= 11 is 5.77. The SMILES string of the molecule is CC/C(=N/NC(=O)c1cc(Cl)ccc1O)C(C)C. The van der Waals surface area contributed by atoms with Crippen molar-refractivity contribution in [1.82, 2.24) is 5.43 Å². The zero-order valence-corrected chi connectivity index (χ0v) is 11.5. The molecule has 0 fully saturated rings. The quantitative estimate of drug-likeness (QED) is 0.651. The molecule has 5 heteroatoms. The number of rotatable bonds is 4. The molecule has 18 heavy (non-hydrogen) atoms. The van der Waals surface area contributed by atoms with Crippen LogP contribution in [0.5, 0.6) is 5.75 Å². The maximum atomic E-state index is 11.8. The summed E-state index contributed by atoms with van der Waals surface area (Å²) in [6.45, 7) is 5.98. The second kappa shape index (κ2) is 6.40. The Balaban J connectivity index is 2.86. The first kappa shape index (κ1) is 14.5. The first-order valence-corrected chi connectivity index (χ1v) is 6.18. The lowest BCUT2D eigenvalue weighted by molar-refractivity contribution is 0.0952. The third-order valence-electron chi connectivity index (χ3n) is 2.53. The van der Waals surface area contributed by atoms with E-state index in [2.05, 4.69) is 10.5 Å². The van der Waals surface area contributed by atoms with Gasteiger partial charge in [0.15, 0.2) is 0 Å². The molecule has 0 aliphatic rings. The molecule has 0 atom stereocenters. The number of benzene rings is 1. The number of carbonyl (C=O) groups is 1. The van der Waals surface area contributed by atoms with Crippen LogP contribution in [0.2, 0.25) is 5.02 Å². The first-order chi connectivity index (χ1) is 8.45. The Kier molecular flexibility index (Phi) is 5.16. The van der Waals surface area contributed by atoms with E-state index in [1.165, 1.54) is 18.2 Å². The Labute approximate surface area is 112 Å². The van der Waals surface area contributed by atoms with Crippen molar-refractivity contribution in [1.29, 1.82) is 0 Å². The van der Waals surface area contributed by atoms with Crippen molar-refractivity contribution in [2.75, 3.05) is 0 Å². The molecule has 0 aromatic heterocycles. The number of amides is 1. The maximum absolute atomic E-state index is 11.8. The molecule has 0 aliphatic carbocycles. The normalized spacial score (nSPS) is 11.7. The number of phenolic OH excluding ortho intramolecular Hbond substituents is 1. The van der Waals surface area contributed by atoms with Crippen LogP contribution in [0.15, 0.2) is 23.3 Å². The Morgan fingerprint density at radius 2 is 2.17 bits per heavy atom. The summed E-state index contributed by atoms with van der Waals surface area (Å²) in [5.74, 6) is -0.320. The van der Waals surface area contributed by atoms with Crippen LogP contribution in [0, 0.1) is 5.92 Å². The van der Waals surface area contributed by atoms with E-state index in [-0.39, 0.29) is 17.2 Å². The molecule has 0 saturated carbocycles. The molecule has 0 spiro atoms. The minimum absolute atomic E-state index is 0.116. The molecule has 0 unspecified atom stereocenters. The number of hydrazone groups is 1. The lowest BCUT2D eigenvalue weighted by Gasteiger charge is -2.08. The van der Waals surface area contributed by atoms with Gasteiger partial charge in [0, 0.05) is 10.7 Å². The highest BCUT2D eigenvalue weighted by Gasteiger charge is 2.11. The number of hydrogen-bond acceptors (Lipinski definition) is 3. The van der Waals surface area contributed by atoms with Crippen LogP contribution in [-0.2, 0) is 0 Å². The van der Waals surface area contributed by atoms with Crippen LogP contribution in [0.3, 0.4) is 0 Å². The van der Waals surface area contributed by atoms with Gasteiger partial charge in [-0.1, -0.05) is 32.4 Å². The number of aromatic hydroxyl groups is 1. The fraction of sp³-hybridized carbons (Fsp3) is 0.385. The first-order valence-electron chi connectivity index (χ1n) is 5.81. The van der Waals surface area contributed by atoms with Crippen molar-refractivity contribution >= 4 is 23.2 Å². The van der Waals surface area contributed by atoms with Gasteiger partial charge in [-0.2, -0.15) is 5.10 Å². The molecule has 0 heterocycles. The van der Waals surface area contributed by atoms with Crippen molar-refractivity contribution in [3.8, 4) is 5.75 Å². The van der Waals surface area contributed by atoms with E-state index in [1.807, 2.05) is 20.8 Å². The van der Waals surface area contributed by atoms with Gasteiger partial charge < -0.3 is 5.11 Å². The zero-order valence-electron chi connectivity index (χ0n) is 10.7. The largest absolute Gasteiger partial charge is 0.507 e. The zero-order chi connectivity index (χ0) is 13.7. The van der Waals surface area contributed by atoms with Gasteiger partial charge >= 0.3 is 0 Å². The third kappa shape index (κ3) is 3.74. The predicted octanol–water partition coefficient (Wildman–Crippen LogP) is 3.20. The van der Waals surface area contributed by atoms with Gasteiger partial charge in [-0.15, -0.1) is 0 Å². The van der Waals surface area contributed by atoms with Gasteiger partial charge in [-0.25, -0.2) is 5.43 Å². The Hall–Kier alpha value is -1.55. The van der Waals surface area contributed by atoms with Crippen molar-refractivity contribution in [3.05, 3.63) is 28.8 Å². The Bertz CT molecular complexity index is 470. The molecular weight excluding hydrogens is 252 g/mol. The highest BCUT2D eigenvalue weighted by Crippen LogP contribution is 2.21. The molecule has 1 aromatic rings. The summed E-state index contributed by atoms with van der Waals surface area (Å²) in [6, 6.07) is 4.30. The molecule has 4 nitrogen and oxygen atoms in total. The number of carbonyl (C=O) groups excluding carboxylic acids is 1. The van der Waals surface area contributed by atoms with E-state index in [0.717, 1.165) is 12.1 Å². The molecule has 0 saturated heterocycles. The van der Waals surface area contributed by atoms with Crippen LogP contribution in [0.4, 0.5) is 0 Å². The minimum atomic E-state index is -0.471. The summed E-state index contributed by atoms with van der Waals surface area (Å²) in [5, 5.41) is 14.0. The molecule has 0 radical (unpaired) electrons. The van der Waals surface area contributed by atoms with Gasteiger partial charge in [0.1, 0.15) is 5.75 Å². The van der Waals surface area contributed by atoms with Crippen molar-refractivity contribution in [2.45, 2.75) is 27.2 Å². The summed E-state index contributed by atoms with van der Waals surface area (Å²) in [7, 11) is 0. The molecule has 1 rings (SSSR count). The van der Waals surface area contributed by atoms with Crippen LogP contribution in [0.1, 0.15) is 37.6 Å². The lowest BCUT2D eigenvalue weighted by Crippen LogP contribution is -2.21. The minimum Gasteiger partial charge on any atom is -0.507 e. The fourth-order valence-electron chi connectivity index (χ4n) is 1.49. The van der Waals surface area contributed by atoms with E-state index in [4.69, 9.17) is 11.6 Å². The van der Waals surface area contributed by atoms with E-state index in [9.17, 15) is 9.90 Å². The van der Waals surface area contributed by atoms with Crippen molar-refractivity contribution in [3.63, 3.8) is 0 Å². The number of nitrogens with zero attached hydrogens (tertiary/aromatic N) is 1. The third-order valence-corrected chi connectivity index (χ3v) is 2.77. The van der Waals surface area contributed by atoms with Crippen molar-refractivity contribution < 1.29 is 9.90 Å². The van der Waals surface area contributed by atoms with Gasteiger partial charge in [-0.3, -0.25) is 4.79 Å². The molecule has 1 aromatic carbocycles. The second-order valence-electron chi connectivity index (χ2n) is 4.21. The van der Waals surface area contributed by atoms with Crippen LogP contribution in [-0.4, -0.2) is 16.7 Å². The molecule has 1 amide bonds. The number of nitrogens with one attached hydrogen (secondary N) is 1. The standard InChI is InChI=1S/C13H17ClN2O2/c1-4-11(8(2)3)15-16-13(18)10-7-9(14)5-6-12(10)17/h5-8,17H,4H2,1-3H3,(H,16,18)/b15-11-. The Morgan fingerprint density at radius 3 is 2.72 bits per heavy atom. The van der Waals surface area contributed by atoms with E-state index in [0.29, 0.717) is 5.02 Å². The maximum Gasteiger partial charge on any atom is 0.275 e. The smallest absolute Gasteiger partial charge is 0.275 e.